The van der Waals surface area contributed by atoms with Crippen LogP contribution in [0, 0.1) is 0 Å². The number of esters is 1. The lowest BCUT2D eigenvalue weighted by Gasteiger charge is -2.30. The van der Waals surface area contributed by atoms with Crippen molar-refractivity contribution in [1.82, 2.24) is 14.7 Å². The molecule has 2 fully saturated rings. The van der Waals surface area contributed by atoms with Gasteiger partial charge < -0.3 is 19.3 Å². The lowest BCUT2D eigenvalue weighted by molar-refractivity contribution is -0.148. The van der Waals surface area contributed by atoms with Crippen LogP contribution in [0.3, 0.4) is 0 Å². The molecule has 2 heterocycles. The summed E-state index contributed by atoms with van der Waals surface area (Å²) in [7, 11) is 0. The van der Waals surface area contributed by atoms with Crippen LogP contribution in [0.4, 0.5) is 0 Å². The number of hydrogen-bond acceptors (Lipinski definition) is 7. The predicted octanol–water partition coefficient (Wildman–Crippen LogP) is 2.63. The summed E-state index contributed by atoms with van der Waals surface area (Å²) in [5, 5.41) is 14.4. The van der Waals surface area contributed by atoms with Gasteiger partial charge in [0.05, 0.1) is 38.2 Å². The summed E-state index contributed by atoms with van der Waals surface area (Å²) in [4.78, 5) is 13.9. The van der Waals surface area contributed by atoms with Crippen LogP contribution in [0.1, 0.15) is 38.2 Å². The first-order chi connectivity index (χ1) is 15.6. The Morgan fingerprint density at radius 1 is 1.22 bits per heavy atom. The minimum Gasteiger partial charge on any atom is -0.490 e. The zero-order chi connectivity index (χ0) is 22.3. The normalized spacial score (nSPS) is 18.6. The number of hydrogen-bond donors (Lipinski definition) is 1. The Kier molecular flexibility index (Phi) is 7.78. The highest BCUT2D eigenvalue weighted by atomic mass is 16.5. The predicted molar refractivity (Wildman–Crippen MR) is 119 cm³/mol. The molecule has 32 heavy (non-hydrogen) atoms. The number of morpholine rings is 1. The van der Waals surface area contributed by atoms with Crippen molar-refractivity contribution in [2.24, 2.45) is 0 Å². The van der Waals surface area contributed by atoms with Crippen molar-refractivity contribution in [3.8, 4) is 17.0 Å². The molecule has 1 aliphatic heterocycles. The Hall–Kier alpha value is -2.42. The lowest BCUT2D eigenvalue weighted by Crippen LogP contribution is -2.43. The minimum atomic E-state index is -0.288. The van der Waals surface area contributed by atoms with Gasteiger partial charge in [-0.15, -0.1) is 0 Å². The summed E-state index contributed by atoms with van der Waals surface area (Å²) < 4.78 is 19.0. The van der Waals surface area contributed by atoms with E-state index in [1.807, 2.05) is 35.1 Å². The van der Waals surface area contributed by atoms with E-state index < -0.39 is 0 Å². The molecule has 1 unspecified atom stereocenters. The van der Waals surface area contributed by atoms with Gasteiger partial charge in [-0.2, -0.15) is 5.10 Å². The van der Waals surface area contributed by atoms with Crippen molar-refractivity contribution in [2.45, 2.75) is 58.0 Å². The van der Waals surface area contributed by atoms with Crippen molar-refractivity contribution in [1.29, 1.82) is 0 Å². The summed E-state index contributed by atoms with van der Waals surface area (Å²) in [5.41, 5.74) is 2.55. The molecule has 1 saturated heterocycles. The van der Waals surface area contributed by atoms with Gasteiger partial charge in [0.2, 0.25) is 0 Å². The standard InChI is InChI=1S/C24H33N3O5/c1-18(29)31-22(15-26-10-12-30-13-11-26)16-27-9-8-23(25-27)19-6-7-20(17-28)24(14-19)32-21-4-2-3-5-21/h6-9,14,21-22,28H,2-5,10-13,15-17H2,1H3. The zero-order valence-corrected chi connectivity index (χ0v) is 18.7. The first kappa shape index (κ1) is 22.8. The van der Waals surface area contributed by atoms with E-state index in [0.717, 1.165) is 48.5 Å². The Labute approximate surface area is 189 Å². The number of aromatic nitrogens is 2. The van der Waals surface area contributed by atoms with Crippen molar-refractivity contribution in [3.63, 3.8) is 0 Å². The Morgan fingerprint density at radius 2 is 2.00 bits per heavy atom. The van der Waals surface area contributed by atoms with Crippen molar-refractivity contribution < 1.29 is 24.1 Å². The zero-order valence-electron chi connectivity index (χ0n) is 18.7. The fourth-order valence-electron chi connectivity index (χ4n) is 4.40. The van der Waals surface area contributed by atoms with Crippen LogP contribution in [0.2, 0.25) is 0 Å². The van der Waals surface area contributed by atoms with Gasteiger partial charge in [-0.3, -0.25) is 14.4 Å². The van der Waals surface area contributed by atoms with E-state index in [-0.39, 0.29) is 24.8 Å². The Balaban J connectivity index is 1.46. The highest BCUT2D eigenvalue weighted by Crippen LogP contribution is 2.30. The molecule has 1 N–H and O–H groups in total. The van der Waals surface area contributed by atoms with Gasteiger partial charge in [-0.25, -0.2) is 0 Å². The summed E-state index contributed by atoms with van der Waals surface area (Å²) >= 11 is 0. The molecule has 0 bridgehead atoms. The average molecular weight is 444 g/mol. The highest BCUT2D eigenvalue weighted by molar-refractivity contribution is 5.66. The number of nitrogens with zero attached hydrogens (tertiary/aromatic N) is 3. The highest BCUT2D eigenvalue weighted by Gasteiger charge is 2.21. The lowest BCUT2D eigenvalue weighted by atomic mass is 10.1. The minimum absolute atomic E-state index is 0.0532. The van der Waals surface area contributed by atoms with Gasteiger partial charge in [-0.1, -0.05) is 12.1 Å². The van der Waals surface area contributed by atoms with Crippen molar-refractivity contribution in [2.75, 3.05) is 32.8 Å². The van der Waals surface area contributed by atoms with Crippen LogP contribution >= 0.6 is 0 Å². The van der Waals surface area contributed by atoms with Crippen LogP contribution < -0.4 is 4.74 Å². The molecule has 1 saturated carbocycles. The summed E-state index contributed by atoms with van der Waals surface area (Å²) in [6.45, 7) is 5.60. The van der Waals surface area contributed by atoms with E-state index in [2.05, 4.69) is 4.90 Å². The number of rotatable bonds is 9. The third-order valence-electron chi connectivity index (χ3n) is 6.06. The molecular formula is C24H33N3O5. The van der Waals surface area contributed by atoms with Crippen LogP contribution in [-0.4, -0.2) is 70.8 Å². The average Bonchev–Trinajstić information content (AvgIpc) is 3.46. The fourth-order valence-corrected chi connectivity index (χ4v) is 4.40. The SMILES string of the molecule is CC(=O)OC(CN1CCOCC1)Cn1ccc(-c2ccc(CO)c(OC3CCCC3)c2)n1. The third-order valence-corrected chi connectivity index (χ3v) is 6.06. The summed E-state index contributed by atoms with van der Waals surface area (Å²) in [6.07, 6.45) is 6.35. The second-order valence-corrected chi connectivity index (χ2v) is 8.57. The van der Waals surface area contributed by atoms with E-state index in [1.54, 1.807) is 0 Å². The maximum absolute atomic E-state index is 11.6. The summed E-state index contributed by atoms with van der Waals surface area (Å²) in [6, 6.07) is 7.77. The molecule has 1 atom stereocenters. The Bertz CT molecular complexity index is 888. The number of aliphatic hydroxyl groups is 1. The van der Waals surface area contributed by atoms with Gasteiger partial charge >= 0.3 is 5.97 Å². The van der Waals surface area contributed by atoms with E-state index >= 15 is 0 Å². The Morgan fingerprint density at radius 3 is 2.72 bits per heavy atom. The van der Waals surface area contributed by atoms with Crippen LogP contribution in [0.15, 0.2) is 30.5 Å². The van der Waals surface area contributed by atoms with E-state index in [9.17, 15) is 9.90 Å². The molecule has 0 radical (unpaired) electrons. The van der Waals surface area contributed by atoms with Crippen LogP contribution in [0.25, 0.3) is 11.3 Å². The van der Waals surface area contributed by atoms with E-state index in [0.29, 0.717) is 26.3 Å². The molecule has 4 rings (SSSR count). The second kappa shape index (κ2) is 10.9. The van der Waals surface area contributed by atoms with Gasteiger partial charge in [0.25, 0.3) is 0 Å². The first-order valence-corrected chi connectivity index (χ1v) is 11.5. The molecule has 2 aromatic rings. The van der Waals surface area contributed by atoms with Gasteiger partial charge in [0, 0.05) is 43.9 Å². The monoisotopic (exact) mass is 443 g/mol. The smallest absolute Gasteiger partial charge is 0.303 e. The topological polar surface area (TPSA) is 86.0 Å². The van der Waals surface area contributed by atoms with E-state index in [1.165, 1.54) is 19.8 Å². The van der Waals surface area contributed by atoms with Crippen LogP contribution in [-0.2, 0) is 27.4 Å². The molecule has 174 valence electrons. The molecule has 1 aromatic carbocycles. The first-order valence-electron chi connectivity index (χ1n) is 11.5. The number of carbonyl (C=O) groups excluding carboxylic acids is 1. The maximum atomic E-state index is 11.6. The molecule has 0 spiro atoms. The third kappa shape index (κ3) is 6.09. The molecule has 8 nitrogen and oxygen atoms in total. The van der Waals surface area contributed by atoms with Gasteiger partial charge in [0.15, 0.2) is 0 Å². The largest absolute Gasteiger partial charge is 0.490 e. The van der Waals surface area contributed by atoms with Crippen molar-refractivity contribution in [3.05, 3.63) is 36.0 Å². The molecular weight excluding hydrogens is 410 g/mol. The van der Waals surface area contributed by atoms with Gasteiger partial charge in [-0.05, 0) is 37.8 Å². The number of aliphatic hydroxyl groups excluding tert-OH is 1. The summed E-state index contributed by atoms with van der Waals surface area (Å²) in [5.74, 6) is 0.445. The maximum Gasteiger partial charge on any atom is 0.303 e. The number of benzene rings is 1. The molecule has 2 aliphatic rings. The molecule has 1 aliphatic carbocycles. The van der Waals surface area contributed by atoms with Crippen molar-refractivity contribution >= 4 is 5.97 Å². The number of carbonyl (C=O) groups is 1. The number of ether oxygens (including phenoxy) is 3. The molecule has 1 aromatic heterocycles. The van der Waals surface area contributed by atoms with Gasteiger partial charge in [0.1, 0.15) is 11.9 Å². The fraction of sp³-hybridized carbons (Fsp3) is 0.583. The van der Waals surface area contributed by atoms with E-state index in [4.69, 9.17) is 19.3 Å². The quantitative estimate of drug-likeness (QED) is 0.596. The second-order valence-electron chi connectivity index (χ2n) is 8.57. The molecule has 8 heteroatoms. The molecule has 0 amide bonds. The van der Waals surface area contributed by atoms with Crippen LogP contribution in [0.5, 0.6) is 5.75 Å².